The van der Waals surface area contributed by atoms with Gasteiger partial charge in [-0.1, -0.05) is 90.8 Å². The minimum atomic E-state index is 0. The molecule has 1 aliphatic heterocycles. The molecule has 0 bridgehead atoms. The van der Waals surface area contributed by atoms with Gasteiger partial charge in [-0.05, 0) is 75.0 Å². The van der Waals surface area contributed by atoms with E-state index in [1.807, 2.05) is 64.3 Å². The molecule has 200 valence electrons. The summed E-state index contributed by atoms with van der Waals surface area (Å²) in [5.74, 6) is 0.833. The van der Waals surface area contributed by atoms with Crippen LogP contribution in [0.2, 0.25) is 0 Å². The van der Waals surface area contributed by atoms with Crippen LogP contribution in [0.4, 0.5) is 5.69 Å². The van der Waals surface area contributed by atoms with Crippen molar-refractivity contribution >= 4 is 17.6 Å². The van der Waals surface area contributed by atoms with E-state index >= 15 is 0 Å². The van der Waals surface area contributed by atoms with Gasteiger partial charge in [0.15, 0.2) is 0 Å². The van der Waals surface area contributed by atoms with Gasteiger partial charge < -0.3 is 5.32 Å². The predicted molar refractivity (Wildman–Crippen MR) is 170 cm³/mol. The zero-order valence-corrected chi connectivity index (χ0v) is 23.7. The van der Waals surface area contributed by atoms with Crippen LogP contribution in [0.3, 0.4) is 0 Å². The van der Waals surface area contributed by atoms with E-state index in [9.17, 15) is 0 Å². The normalized spacial score (nSPS) is 12.4. The summed E-state index contributed by atoms with van der Waals surface area (Å²) in [6.07, 6.45) is 17.2. The van der Waals surface area contributed by atoms with Gasteiger partial charge in [-0.15, -0.1) is 0 Å². The van der Waals surface area contributed by atoms with Crippen LogP contribution in [-0.4, -0.2) is 19.0 Å². The van der Waals surface area contributed by atoms with Gasteiger partial charge in [0.2, 0.25) is 0 Å². The first-order chi connectivity index (χ1) is 16.7. The van der Waals surface area contributed by atoms with Crippen LogP contribution in [0, 0.1) is 5.92 Å². The van der Waals surface area contributed by atoms with E-state index in [4.69, 9.17) is 0 Å². The molecule has 0 saturated heterocycles. The van der Waals surface area contributed by atoms with Gasteiger partial charge >= 0.3 is 0 Å². The molecule has 3 nitrogen and oxygen atoms in total. The molecule has 0 unspecified atom stereocenters. The lowest BCUT2D eigenvalue weighted by atomic mass is 10.0. The average Bonchev–Trinajstić information content (AvgIpc) is 3.34. The summed E-state index contributed by atoms with van der Waals surface area (Å²) in [6, 6.07) is 8.42. The molecule has 1 heterocycles. The highest BCUT2D eigenvalue weighted by Gasteiger charge is 2.14. The number of aliphatic imine (C=N–C) groups is 2. The highest BCUT2D eigenvalue weighted by Crippen LogP contribution is 2.24. The maximum absolute atomic E-state index is 4.47. The fourth-order valence-electron chi connectivity index (χ4n) is 2.47. The Hall–Kier alpha value is -3.20. The number of hydrogen-bond acceptors (Lipinski definition) is 3. The van der Waals surface area contributed by atoms with Crippen LogP contribution in [0.25, 0.3) is 0 Å². The van der Waals surface area contributed by atoms with Gasteiger partial charge in [0.1, 0.15) is 0 Å². The van der Waals surface area contributed by atoms with E-state index in [1.165, 1.54) is 11.1 Å². The van der Waals surface area contributed by atoms with Crippen LogP contribution < -0.4 is 5.32 Å². The SMILES string of the molecule is C.C/C=C\C.C/C=C\C=NC.C=C/C(=C\C)C1=CN=C(C(=C)Nc2ccc(CC)cc2)C1.CC(C)C. The molecule has 1 N–H and O–H groups in total. The van der Waals surface area contributed by atoms with Crippen molar-refractivity contribution in [3.8, 4) is 0 Å². The third-order valence-electron chi connectivity index (χ3n) is 4.40. The van der Waals surface area contributed by atoms with Gasteiger partial charge in [-0.3, -0.25) is 9.98 Å². The van der Waals surface area contributed by atoms with Crippen molar-refractivity contribution in [1.29, 1.82) is 0 Å². The van der Waals surface area contributed by atoms with Gasteiger partial charge in [-0.25, -0.2) is 0 Å². The lowest BCUT2D eigenvalue weighted by Crippen LogP contribution is -2.09. The molecule has 0 amide bonds. The molecular weight excluding hydrogens is 438 g/mol. The lowest BCUT2D eigenvalue weighted by Gasteiger charge is -2.11. The molecular formula is C33H53N3. The van der Waals surface area contributed by atoms with Crippen LogP contribution in [0.15, 0.2) is 107 Å². The smallest absolute Gasteiger partial charge is 0.0676 e. The summed E-state index contributed by atoms with van der Waals surface area (Å²) in [6.45, 7) is 24.6. The lowest BCUT2D eigenvalue weighted by molar-refractivity contribution is 0.737. The molecule has 2 rings (SSSR count). The monoisotopic (exact) mass is 491 g/mol. The van der Waals surface area contributed by atoms with Gasteiger partial charge in [0.25, 0.3) is 0 Å². The van der Waals surface area contributed by atoms with E-state index in [0.29, 0.717) is 0 Å². The van der Waals surface area contributed by atoms with E-state index in [2.05, 4.69) is 86.5 Å². The van der Waals surface area contributed by atoms with E-state index in [1.54, 1.807) is 13.3 Å². The first-order valence-electron chi connectivity index (χ1n) is 12.4. The van der Waals surface area contributed by atoms with Crippen molar-refractivity contribution in [3.63, 3.8) is 0 Å². The summed E-state index contributed by atoms with van der Waals surface area (Å²) < 4.78 is 0. The van der Waals surface area contributed by atoms with Crippen molar-refractivity contribution in [2.24, 2.45) is 15.9 Å². The Kier molecular flexibility index (Phi) is 25.8. The molecule has 1 aliphatic rings. The number of hydrogen-bond donors (Lipinski definition) is 1. The Morgan fingerprint density at radius 2 is 1.61 bits per heavy atom. The van der Waals surface area contributed by atoms with Crippen molar-refractivity contribution in [2.45, 2.75) is 75.7 Å². The number of anilines is 1. The molecule has 0 fully saturated rings. The van der Waals surface area contributed by atoms with Gasteiger partial charge in [0.05, 0.1) is 11.4 Å². The van der Waals surface area contributed by atoms with E-state index < -0.39 is 0 Å². The number of rotatable bonds is 7. The maximum atomic E-state index is 4.47. The van der Waals surface area contributed by atoms with Gasteiger partial charge in [-0.2, -0.15) is 0 Å². The number of allylic oxidation sites excluding steroid dienone is 9. The Balaban J connectivity index is -0.000000601. The predicted octanol–water partition coefficient (Wildman–Crippen LogP) is 10.2. The Bertz CT molecular complexity index is 873. The van der Waals surface area contributed by atoms with Crippen LogP contribution in [-0.2, 0) is 6.42 Å². The zero-order valence-electron chi connectivity index (χ0n) is 23.7. The zero-order chi connectivity index (χ0) is 27.1. The Morgan fingerprint density at radius 1 is 1.06 bits per heavy atom. The second-order valence-corrected chi connectivity index (χ2v) is 8.34. The maximum Gasteiger partial charge on any atom is 0.0676 e. The molecule has 1 aromatic carbocycles. The summed E-state index contributed by atoms with van der Waals surface area (Å²) >= 11 is 0. The molecule has 1 aromatic rings. The van der Waals surface area contributed by atoms with Crippen molar-refractivity contribution in [1.82, 2.24) is 0 Å². The minimum Gasteiger partial charge on any atom is -0.355 e. The molecule has 0 saturated carbocycles. The second kappa shape index (κ2) is 24.9. The average molecular weight is 492 g/mol. The molecule has 0 spiro atoms. The van der Waals surface area contributed by atoms with E-state index in [-0.39, 0.29) is 7.43 Å². The number of nitrogens with zero attached hydrogens (tertiary/aromatic N) is 2. The summed E-state index contributed by atoms with van der Waals surface area (Å²) in [5, 5.41) is 3.33. The largest absolute Gasteiger partial charge is 0.355 e. The number of aryl methyl sites for hydroxylation is 1. The summed E-state index contributed by atoms with van der Waals surface area (Å²) in [4.78, 5) is 8.18. The quantitative estimate of drug-likeness (QED) is 0.230. The highest BCUT2D eigenvalue weighted by atomic mass is 14.9. The summed E-state index contributed by atoms with van der Waals surface area (Å²) in [7, 11) is 1.75. The minimum absolute atomic E-state index is 0. The van der Waals surface area contributed by atoms with Crippen LogP contribution in [0.1, 0.15) is 74.8 Å². The molecule has 0 aliphatic carbocycles. The molecule has 0 atom stereocenters. The fourth-order valence-corrected chi connectivity index (χ4v) is 2.47. The number of nitrogens with one attached hydrogen (secondary N) is 1. The number of benzene rings is 1. The van der Waals surface area contributed by atoms with E-state index in [0.717, 1.165) is 41.4 Å². The molecule has 0 radical (unpaired) electrons. The van der Waals surface area contributed by atoms with Crippen LogP contribution >= 0.6 is 0 Å². The third kappa shape index (κ3) is 19.1. The first-order valence-corrected chi connectivity index (χ1v) is 12.4. The van der Waals surface area contributed by atoms with Crippen LogP contribution in [0.5, 0.6) is 0 Å². The topological polar surface area (TPSA) is 36.8 Å². The summed E-state index contributed by atoms with van der Waals surface area (Å²) in [5.41, 5.74) is 6.52. The van der Waals surface area contributed by atoms with Gasteiger partial charge in [0, 0.05) is 31.6 Å². The van der Waals surface area contributed by atoms with Crippen molar-refractivity contribution in [3.05, 3.63) is 102 Å². The first kappa shape index (κ1) is 37.4. The molecule has 36 heavy (non-hydrogen) atoms. The third-order valence-corrected chi connectivity index (χ3v) is 4.40. The fraction of sp³-hybridized carbons (Fsp3) is 0.394. The Labute approximate surface area is 224 Å². The van der Waals surface area contributed by atoms with Crippen molar-refractivity contribution in [2.75, 3.05) is 12.4 Å². The standard InChI is InChI=1S/C19H22N2.C5H9N.C4H10.C4H8.CH4/c1-5-15-8-10-18(11-9-15)21-14(4)19-12-17(13-20-19)16(6-2)7-3;1-3-4-5-6-2;1-4(2)3;1-3-4-2;/h6-11,13,21H,2,4-5,12H2,1,3H3;3-5H,1-2H3;4H,1-3H3;3-4H,1-2H3;1H4/b16-7+;4-3-,6-5?;;4-3-;. The highest BCUT2D eigenvalue weighted by molar-refractivity contribution is 6.05. The Morgan fingerprint density at radius 3 is 1.97 bits per heavy atom. The van der Waals surface area contributed by atoms with Crippen molar-refractivity contribution < 1.29 is 0 Å². The molecule has 3 heteroatoms. The molecule has 0 aromatic heterocycles. The second-order valence-electron chi connectivity index (χ2n) is 8.34.